The Balaban J connectivity index is 3.32. The lowest BCUT2D eigenvalue weighted by atomic mass is 10.2. The molecule has 0 amide bonds. The van der Waals surface area contributed by atoms with Gasteiger partial charge in [0, 0.05) is 22.3 Å². The van der Waals surface area contributed by atoms with E-state index in [-0.39, 0.29) is 0 Å². The van der Waals surface area contributed by atoms with E-state index in [0.717, 1.165) is 30.8 Å². The van der Waals surface area contributed by atoms with Crippen molar-refractivity contribution in [1.29, 1.82) is 0 Å². The molecule has 0 saturated carbocycles. The summed E-state index contributed by atoms with van der Waals surface area (Å²) in [7, 11) is -0.644. The van der Waals surface area contributed by atoms with E-state index >= 15 is 0 Å². The number of nitrogens with two attached hydrogens (primary N) is 1. The SMILES string of the molecule is CC(C)=CCCCS(=O)CCCN. The number of unbranched alkanes of at least 4 members (excludes halogenated alkanes) is 1. The van der Waals surface area contributed by atoms with Gasteiger partial charge in [-0.3, -0.25) is 4.21 Å². The molecule has 1 unspecified atom stereocenters. The summed E-state index contributed by atoms with van der Waals surface area (Å²) in [5.74, 6) is 1.59. The minimum Gasteiger partial charge on any atom is -0.330 e. The maximum absolute atomic E-state index is 11.3. The fourth-order valence-corrected chi connectivity index (χ4v) is 2.16. The Bertz CT molecular complexity index is 174. The normalized spacial score (nSPS) is 12.5. The summed E-state index contributed by atoms with van der Waals surface area (Å²) in [4.78, 5) is 0. The van der Waals surface area contributed by atoms with Gasteiger partial charge in [-0.2, -0.15) is 0 Å². The summed E-state index contributed by atoms with van der Waals surface area (Å²) >= 11 is 0. The molecule has 0 aliphatic carbocycles. The van der Waals surface area contributed by atoms with Gasteiger partial charge < -0.3 is 5.73 Å². The lowest BCUT2D eigenvalue weighted by molar-refractivity contribution is 0.678. The smallest absolute Gasteiger partial charge is 0.0246 e. The van der Waals surface area contributed by atoms with Crippen molar-refractivity contribution >= 4 is 10.8 Å². The van der Waals surface area contributed by atoms with Gasteiger partial charge in [-0.1, -0.05) is 11.6 Å². The average molecular weight is 203 g/mol. The molecule has 0 heterocycles. The number of rotatable bonds is 7. The van der Waals surface area contributed by atoms with Gasteiger partial charge in [-0.25, -0.2) is 0 Å². The van der Waals surface area contributed by atoms with Gasteiger partial charge in [0.05, 0.1) is 0 Å². The van der Waals surface area contributed by atoms with Crippen molar-refractivity contribution in [3.05, 3.63) is 11.6 Å². The monoisotopic (exact) mass is 203 g/mol. The molecule has 0 aliphatic rings. The first-order valence-electron chi connectivity index (χ1n) is 4.85. The van der Waals surface area contributed by atoms with E-state index in [1.165, 1.54) is 5.57 Å². The highest BCUT2D eigenvalue weighted by Gasteiger charge is 1.97. The van der Waals surface area contributed by atoms with E-state index < -0.39 is 10.8 Å². The Morgan fingerprint density at radius 2 is 1.92 bits per heavy atom. The highest BCUT2D eigenvalue weighted by molar-refractivity contribution is 7.84. The zero-order valence-corrected chi connectivity index (χ0v) is 9.53. The van der Waals surface area contributed by atoms with Crippen LogP contribution in [0.4, 0.5) is 0 Å². The van der Waals surface area contributed by atoms with Crippen molar-refractivity contribution in [2.24, 2.45) is 5.73 Å². The van der Waals surface area contributed by atoms with E-state index in [9.17, 15) is 4.21 Å². The van der Waals surface area contributed by atoms with E-state index in [2.05, 4.69) is 19.9 Å². The molecule has 0 aromatic rings. The zero-order chi connectivity index (χ0) is 10.1. The molecule has 0 bridgehead atoms. The lowest BCUT2D eigenvalue weighted by Crippen LogP contribution is -2.08. The fourth-order valence-electron chi connectivity index (χ4n) is 0.981. The van der Waals surface area contributed by atoms with Gasteiger partial charge in [-0.15, -0.1) is 0 Å². The number of hydrogen-bond acceptors (Lipinski definition) is 2. The van der Waals surface area contributed by atoms with Crippen LogP contribution in [0.1, 0.15) is 33.1 Å². The standard InChI is InChI=1S/C10H21NOS/c1-10(2)6-3-4-8-13(12)9-5-7-11/h6H,3-5,7-9,11H2,1-2H3. The predicted molar refractivity (Wildman–Crippen MR) is 60.2 cm³/mol. The molecule has 3 heteroatoms. The summed E-state index contributed by atoms with van der Waals surface area (Å²) in [6, 6.07) is 0. The first kappa shape index (κ1) is 12.8. The van der Waals surface area contributed by atoms with Crippen molar-refractivity contribution in [2.45, 2.75) is 33.1 Å². The average Bonchev–Trinajstić information content (AvgIpc) is 2.08. The van der Waals surface area contributed by atoms with Crippen LogP contribution >= 0.6 is 0 Å². The van der Waals surface area contributed by atoms with Gasteiger partial charge in [0.1, 0.15) is 0 Å². The molecule has 13 heavy (non-hydrogen) atoms. The van der Waals surface area contributed by atoms with Crippen LogP contribution in [0.2, 0.25) is 0 Å². The predicted octanol–water partition coefficient (Wildman–Crippen LogP) is 1.83. The van der Waals surface area contributed by atoms with E-state index in [0.29, 0.717) is 6.54 Å². The summed E-state index contributed by atoms with van der Waals surface area (Å²) in [5, 5.41) is 0. The van der Waals surface area contributed by atoms with Gasteiger partial charge in [0.25, 0.3) is 0 Å². The third-order valence-corrected chi connectivity index (χ3v) is 3.19. The second-order valence-electron chi connectivity index (χ2n) is 3.41. The molecule has 2 N–H and O–H groups in total. The quantitative estimate of drug-likeness (QED) is 0.507. The second-order valence-corrected chi connectivity index (χ2v) is 5.11. The molecule has 0 fully saturated rings. The highest BCUT2D eigenvalue weighted by Crippen LogP contribution is 1.99. The third-order valence-electron chi connectivity index (χ3n) is 1.70. The largest absolute Gasteiger partial charge is 0.330 e. The minimum absolute atomic E-state index is 0.644. The van der Waals surface area contributed by atoms with Crippen molar-refractivity contribution < 1.29 is 4.21 Å². The molecule has 78 valence electrons. The summed E-state index contributed by atoms with van der Waals surface area (Å²) in [6.45, 7) is 4.83. The maximum Gasteiger partial charge on any atom is 0.0246 e. The molecular weight excluding hydrogens is 182 g/mol. The fraction of sp³-hybridized carbons (Fsp3) is 0.800. The van der Waals surface area contributed by atoms with Gasteiger partial charge in [0.2, 0.25) is 0 Å². The molecule has 0 aromatic carbocycles. The molecule has 1 atom stereocenters. The molecule has 0 rings (SSSR count). The van der Waals surface area contributed by atoms with Crippen LogP contribution in [0.5, 0.6) is 0 Å². The third kappa shape index (κ3) is 9.77. The molecule has 0 aliphatic heterocycles. The maximum atomic E-state index is 11.3. The Kier molecular flexibility index (Phi) is 8.35. The Hall–Kier alpha value is -0.150. The van der Waals surface area contributed by atoms with Gasteiger partial charge in [0.15, 0.2) is 0 Å². The first-order valence-corrected chi connectivity index (χ1v) is 6.34. The first-order chi connectivity index (χ1) is 6.16. The Labute approximate surface area is 84.0 Å². The van der Waals surface area contributed by atoms with Crippen LogP contribution in [0, 0.1) is 0 Å². The molecule has 0 saturated heterocycles. The van der Waals surface area contributed by atoms with Crippen molar-refractivity contribution in [1.82, 2.24) is 0 Å². The molecule has 0 spiro atoms. The highest BCUT2D eigenvalue weighted by atomic mass is 32.2. The van der Waals surface area contributed by atoms with Crippen LogP contribution in [-0.2, 0) is 10.8 Å². The number of allylic oxidation sites excluding steroid dienone is 2. The summed E-state index contributed by atoms with van der Waals surface area (Å²) < 4.78 is 11.3. The Morgan fingerprint density at radius 3 is 2.46 bits per heavy atom. The number of hydrogen-bond donors (Lipinski definition) is 1. The van der Waals surface area contributed by atoms with Crippen LogP contribution < -0.4 is 5.73 Å². The van der Waals surface area contributed by atoms with Gasteiger partial charge in [-0.05, 0) is 39.7 Å². The van der Waals surface area contributed by atoms with E-state index in [4.69, 9.17) is 5.73 Å². The van der Waals surface area contributed by atoms with Crippen LogP contribution in [0.3, 0.4) is 0 Å². The van der Waals surface area contributed by atoms with Crippen LogP contribution in [-0.4, -0.2) is 22.3 Å². The van der Waals surface area contributed by atoms with Gasteiger partial charge >= 0.3 is 0 Å². The zero-order valence-electron chi connectivity index (χ0n) is 8.71. The van der Waals surface area contributed by atoms with Crippen molar-refractivity contribution in [3.8, 4) is 0 Å². The lowest BCUT2D eigenvalue weighted by Gasteiger charge is -1.99. The molecule has 0 aromatic heterocycles. The van der Waals surface area contributed by atoms with E-state index in [1.54, 1.807) is 0 Å². The summed E-state index contributed by atoms with van der Waals surface area (Å²) in [5.41, 5.74) is 6.67. The van der Waals surface area contributed by atoms with Crippen molar-refractivity contribution in [2.75, 3.05) is 18.1 Å². The molecule has 0 radical (unpaired) electrons. The molecule has 2 nitrogen and oxygen atoms in total. The Morgan fingerprint density at radius 1 is 1.31 bits per heavy atom. The minimum atomic E-state index is -0.644. The van der Waals surface area contributed by atoms with Crippen LogP contribution in [0.15, 0.2) is 11.6 Å². The molecular formula is C10H21NOS. The van der Waals surface area contributed by atoms with E-state index in [1.807, 2.05) is 0 Å². The summed E-state index contributed by atoms with van der Waals surface area (Å²) in [6.07, 6.45) is 5.16. The topological polar surface area (TPSA) is 43.1 Å². The van der Waals surface area contributed by atoms with Crippen molar-refractivity contribution in [3.63, 3.8) is 0 Å². The second kappa shape index (κ2) is 8.45. The van der Waals surface area contributed by atoms with Crippen LogP contribution in [0.25, 0.3) is 0 Å².